The van der Waals surface area contributed by atoms with E-state index in [1.165, 1.54) is 27.8 Å². The molecular formula is C19H24ClN. The number of halogens is 1. The first kappa shape index (κ1) is 16.1. The van der Waals surface area contributed by atoms with Crippen LogP contribution in [0.5, 0.6) is 0 Å². The first-order chi connectivity index (χ1) is 10.0. The highest BCUT2D eigenvalue weighted by Crippen LogP contribution is 2.31. The van der Waals surface area contributed by atoms with Gasteiger partial charge in [-0.1, -0.05) is 42.3 Å². The maximum absolute atomic E-state index is 6.23. The lowest BCUT2D eigenvalue weighted by Crippen LogP contribution is -2.14. The van der Waals surface area contributed by atoms with Crippen molar-refractivity contribution >= 4 is 11.6 Å². The third-order valence-electron chi connectivity index (χ3n) is 3.80. The van der Waals surface area contributed by atoms with Gasteiger partial charge in [-0.2, -0.15) is 0 Å². The number of hydrogen-bond acceptors (Lipinski definition) is 1. The zero-order valence-electron chi connectivity index (χ0n) is 13.4. The predicted molar refractivity (Wildman–Crippen MR) is 93.1 cm³/mol. The van der Waals surface area contributed by atoms with Gasteiger partial charge >= 0.3 is 0 Å². The van der Waals surface area contributed by atoms with Gasteiger partial charge in [0.1, 0.15) is 0 Å². The van der Waals surface area contributed by atoms with Gasteiger partial charge in [0.2, 0.25) is 0 Å². The van der Waals surface area contributed by atoms with Crippen LogP contribution in [0.3, 0.4) is 0 Å². The molecule has 0 unspecified atom stereocenters. The van der Waals surface area contributed by atoms with E-state index in [4.69, 9.17) is 11.6 Å². The summed E-state index contributed by atoms with van der Waals surface area (Å²) in [7, 11) is 0. The van der Waals surface area contributed by atoms with Crippen molar-refractivity contribution < 1.29 is 0 Å². The van der Waals surface area contributed by atoms with Crippen LogP contribution >= 0.6 is 11.6 Å². The molecule has 0 radical (unpaired) electrons. The van der Waals surface area contributed by atoms with E-state index in [0.29, 0.717) is 0 Å². The molecule has 0 bridgehead atoms. The van der Waals surface area contributed by atoms with Crippen molar-refractivity contribution in [2.75, 3.05) is 6.54 Å². The summed E-state index contributed by atoms with van der Waals surface area (Å²) in [5.74, 6) is 0. The zero-order chi connectivity index (χ0) is 15.4. The molecule has 0 aliphatic carbocycles. The van der Waals surface area contributed by atoms with Crippen LogP contribution in [-0.2, 0) is 6.54 Å². The summed E-state index contributed by atoms with van der Waals surface area (Å²) in [5.41, 5.74) is 7.60. The van der Waals surface area contributed by atoms with Gasteiger partial charge in [0.05, 0.1) is 0 Å². The fourth-order valence-electron chi connectivity index (χ4n) is 2.57. The third kappa shape index (κ3) is 3.87. The summed E-state index contributed by atoms with van der Waals surface area (Å²) in [5, 5.41) is 4.34. The highest BCUT2D eigenvalue weighted by Gasteiger charge is 2.10. The predicted octanol–water partition coefficient (Wildman–Crippen LogP) is 5.43. The van der Waals surface area contributed by atoms with Gasteiger partial charge in [0.15, 0.2) is 0 Å². The lowest BCUT2D eigenvalue weighted by molar-refractivity contribution is 0.676. The van der Waals surface area contributed by atoms with Crippen molar-refractivity contribution in [3.8, 4) is 11.1 Å². The molecule has 112 valence electrons. The molecule has 0 fully saturated rings. The maximum Gasteiger partial charge on any atom is 0.0438 e. The van der Waals surface area contributed by atoms with E-state index in [-0.39, 0.29) is 0 Å². The summed E-state index contributed by atoms with van der Waals surface area (Å²) in [6.07, 6.45) is 1.15. The standard InChI is InChI=1S/C19H24ClN/c1-5-8-21-12-16-7-6-13(2)9-18(16)17-10-15(4)19(20)11-14(17)3/h6-7,9-11,21H,5,8,12H2,1-4H3. The van der Waals surface area contributed by atoms with Gasteiger partial charge in [-0.3, -0.25) is 0 Å². The number of rotatable bonds is 5. The van der Waals surface area contributed by atoms with Gasteiger partial charge in [-0.15, -0.1) is 0 Å². The van der Waals surface area contributed by atoms with Gasteiger partial charge < -0.3 is 5.32 Å². The second kappa shape index (κ2) is 7.11. The average molecular weight is 302 g/mol. The molecule has 2 heteroatoms. The maximum atomic E-state index is 6.23. The van der Waals surface area contributed by atoms with Crippen LogP contribution in [0.25, 0.3) is 11.1 Å². The molecule has 2 aromatic carbocycles. The van der Waals surface area contributed by atoms with Crippen LogP contribution in [0.15, 0.2) is 30.3 Å². The van der Waals surface area contributed by atoms with Crippen molar-refractivity contribution in [3.05, 3.63) is 57.6 Å². The summed E-state index contributed by atoms with van der Waals surface area (Å²) in [4.78, 5) is 0. The molecule has 2 aromatic rings. The minimum atomic E-state index is 0.842. The summed E-state index contributed by atoms with van der Waals surface area (Å²) < 4.78 is 0. The smallest absolute Gasteiger partial charge is 0.0438 e. The van der Waals surface area contributed by atoms with Gasteiger partial charge in [0, 0.05) is 11.6 Å². The molecule has 0 amide bonds. The summed E-state index contributed by atoms with van der Waals surface area (Å²) in [6.45, 7) is 10.5. The fraction of sp³-hybridized carbons (Fsp3) is 0.368. The normalized spacial score (nSPS) is 10.9. The second-order valence-corrected chi connectivity index (χ2v) is 6.16. The fourth-order valence-corrected chi connectivity index (χ4v) is 2.78. The average Bonchev–Trinajstić information content (AvgIpc) is 2.45. The van der Waals surface area contributed by atoms with E-state index in [1.807, 2.05) is 0 Å². The van der Waals surface area contributed by atoms with Crippen molar-refractivity contribution in [2.45, 2.75) is 40.7 Å². The summed E-state index contributed by atoms with van der Waals surface area (Å²) >= 11 is 6.23. The topological polar surface area (TPSA) is 12.0 Å². The first-order valence-corrected chi connectivity index (χ1v) is 7.98. The van der Waals surface area contributed by atoms with Crippen LogP contribution < -0.4 is 5.32 Å². The molecule has 2 rings (SSSR count). The SMILES string of the molecule is CCCNCc1ccc(C)cc1-c1cc(C)c(Cl)cc1C. The van der Waals surface area contributed by atoms with E-state index in [2.05, 4.69) is 63.3 Å². The van der Waals surface area contributed by atoms with Crippen LogP contribution in [0.1, 0.15) is 35.6 Å². The van der Waals surface area contributed by atoms with Crippen LogP contribution in [0, 0.1) is 20.8 Å². The van der Waals surface area contributed by atoms with E-state index in [1.54, 1.807) is 0 Å². The largest absolute Gasteiger partial charge is 0.313 e. The minimum absolute atomic E-state index is 0.842. The van der Waals surface area contributed by atoms with Crippen molar-refractivity contribution in [1.29, 1.82) is 0 Å². The molecule has 0 saturated heterocycles. The molecule has 21 heavy (non-hydrogen) atoms. The van der Waals surface area contributed by atoms with Crippen molar-refractivity contribution in [3.63, 3.8) is 0 Å². The zero-order valence-corrected chi connectivity index (χ0v) is 14.1. The molecule has 0 aliphatic rings. The molecule has 0 aromatic heterocycles. The molecule has 0 heterocycles. The molecule has 1 nitrogen and oxygen atoms in total. The Balaban J connectivity index is 2.46. The van der Waals surface area contributed by atoms with Crippen LogP contribution in [-0.4, -0.2) is 6.54 Å². The Bertz CT molecular complexity index is 632. The Morgan fingerprint density at radius 3 is 2.43 bits per heavy atom. The number of aryl methyl sites for hydroxylation is 3. The van der Waals surface area contributed by atoms with E-state index >= 15 is 0 Å². The van der Waals surface area contributed by atoms with Crippen LogP contribution in [0.4, 0.5) is 0 Å². The van der Waals surface area contributed by atoms with Crippen LogP contribution in [0.2, 0.25) is 5.02 Å². The Morgan fingerprint density at radius 2 is 1.71 bits per heavy atom. The molecule has 0 aliphatic heterocycles. The molecule has 0 atom stereocenters. The third-order valence-corrected chi connectivity index (χ3v) is 4.21. The highest BCUT2D eigenvalue weighted by molar-refractivity contribution is 6.31. The Kier molecular flexibility index (Phi) is 5.44. The Hall–Kier alpha value is -1.31. The summed E-state index contributed by atoms with van der Waals surface area (Å²) in [6, 6.07) is 11.0. The minimum Gasteiger partial charge on any atom is -0.313 e. The molecule has 0 saturated carbocycles. The second-order valence-electron chi connectivity index (χ2n) is 5.75. The van der Waals surface area contributed by atoms with Crippen molar-refractivity contribution in [2.24, 2.45) is 0 Å². The number of benzene rings is 2. The van der Waals surface area contributed by atoms with Gasteiger partial charge in [-0.05, 0) is 73.7 Å². The number of hydrogen-bond donors (Lipinski definition) is 1. The molecular weight excluding hydrogens is 278 g/mol. The Morgan fingerprint density at radius 1 is 0.952 bits per heavy atom. The molecule has 0 spiro atoms. The lowest BCUT2D eigenvalue weighted by Gasteiger charge is -2.15. The molecule has 1 N–H and O–H groups in total. The van der Waals surface area contributed by atoms with Crippen molar-refractivity contribution in [1.82, 2.24) is 5.32 Å². The first-order valence-electron chi connectivity index (χ1n) is 7.60. The van der Waals surface area contributed by atoms with E-state index in [9.17, 15) is 0 Å². The number of nitrogens with one attached hydrogen (secondary N) is 1. The Labute approximate surface area is 133 Å². The highest BCUT2D eigenvalue weighted by atomic mass is 35.5. The quantitative estimate of drug-likeness (QED) is 0.726. The lowest BCUT2D eigenvalue weighted by atomic mass is 9.93. The van der Waals surface area contributed by atoms with E-state index in [0.717, 1.165) is 30.1 Å². The van der Waals surface area contributed by atoms with Gasteiger partial charge in [0.25, 0.3) is 0 Å². The van der Waals surface area contributed by atoms with E-state index < -0.39 is 0 Å². The van der Waals surface area contributed by atoms with Gasteiger partial charge in [-0.25, -0.2) is 0 Å². The monoisotopic (exact) mass is 301 g/mol.